The molecule has 0 radical (unpaired) electrons. The van der Waals surface area contributed by atoms with Crippen molar-refractivity contribution in [3.8, 4) is 0 Å². The minimum atomic E-state index is -0.158. The minimum Gasteiger partial charge on any atom is -0.310 e. The number of nitrogens with zero attached hydrogens (tertiary/aromatic N) is 6. The maximum Gasteiger partial charge on any atom is 0.235 e. The molecule has 10 heteroatoms. The van der Waals surface area contributed by atoms with Crippen molar-refractivity contribution in [2.75, 3.05) is 11.1 Å². The second-order valence-electron chi connectivity index (χ2n) is 5.80. The zero-order chi connectivity index (χ0) is 18.5. The fourth-order valence-electron chi connectivity index (χ4n) is 2.27. The van der Waals surface area contributed by atoms with Crippen molar-refractivity contribution < 1.29 is 4.79 Å². The highest BCUT2D eigenvalue weighted by molar-refractivity contribution is 7.99. The summed E-state index contributed by atoms with van der Waals surface area (Å²) in [5.41, 5.74) is 0.929. The van der Waals surface area contributed by atoms with Crippen molar-refractivity contribution in [1.29, 1.82) is 0 Å². The van der Waals surface area contributed by atoms with Crippen LogP contribution in [0.1, 0.15) is 25.5 Å². The summed E-state index contributed by atoms with van der Waals surface area (Å²) in [7, 11) is 0. The molecular weight excluding hydrogens is 374 g/mol. The lowest BCUT2D eigenvalue weighted by Crippen LogP contribution is -2.18. The number of nitrogens with one attached hydrogen (secondary N) is 1. The Bertz CT molecular complexity index is 892. The van der Waals surface area contributed by atoms with E-state index in [0.717, 1.165) is 5.56 Å². The van der Waals surface area contributed by atoms with Gasteiger partial charge in [0.15, 0.2) is 0 Å². The standard InChI is InChI=1S/C16H18ClN7OS/c1-11(2)24-16(20-21-22-24)26-10-15(25)19-14-7-8-18-23(14)9-12-5-3-4-6-13(12)17/h3-8,11H,9-10H2,1-2H3,(H,19,25). The van der Waals surface area contributed by atoms with E-state index in [0.29, 0.717) is 22.5 Å². The van der Waals surface area contributed by atoms with E-state index in [-0.39, 0.29) is 17.7 Å². The predicted molar refractivity (Wildman–Crippen MR) is 100 cm³/mol. The maximum atomic E-state index is 12.3. The van der Waals surface area contributed by atoms with Crippen molar-refractivity contribution >= 4 is 35.1 Å². The third-order valence-corrected chi connectivity index (χ3v) is 4.85. The zero-order valence-corrected chi connectivity index (χ0v) is 15.9. The molecule has 2 aromatic heterocycles. The molecule has 0 bridgehead atoms. The Hall–Kier alpha value is -2.39. The number of thioether (sulfide) groups is 1. The third-order valence-electron chi connectivity index (χ3n) is 3.55. The number of rotatable bonds is 7. The molecule has 26 heavy (non-hydrogen) atoms. The SMILES string of the molecule is CC(C)n1nnnc1SCC(=O)Nc1ccnn1Cc1ccccc1Cl. The lowest BCUT2D eigenvalue weighted by molar-refractivity contribution is -0.113. The lowest BCUT2D eigenvalue weighted by atomic mass is 10.2. The molecule has 0 saturated carbocycles. The summed E-state index contributed by atoms with van der Waals surface area (Å²) in [6.07, 6.45) is 1.64. The highest BCUT2D eigenvalue weighted by Gasteiger charge is 2.14. The molecule has 0 atom stereocenters. The van der Waals surface area contributed by atoms with Gasteiger partial charge in [-0.1, -0.05) is 41.6 Å². The number of halogens is 1. The van der Waals surface area contributed by atoms with E-state index in [1.807, 2.05) is 38.1 Å². The number of amides is 1. The van der Waals surface area contributed by atoms with Crippen molar-refractivity contribution in [3.05, 3.63) is 47.1 Å². The van der Waals surface area contributed by atoms with Crippen LogP contribution in [-0.4, -0.2) is 41.6 Å². The van der Waals surface area contributed by atoms with Crippen LogP contribution in [0.5, 0.6) is 0 Å². The Morgan fingerprint density at radius 1 is 1.31 bits per heavy atom. The van der Waals surface area contributed by atoms with E-state index in [1.54, 1.807) is 21.6 Å². The predicted octanol–water partition coefficient (Wildman–Crippen LogP) is 2.88. The molecule has 8 nitrogen and oxygen atoms in total. The van der Waals surface area contributed by atoms with E-state index in [1.165, 1.54) is 11.8 Å². The van der Waals surface area contributed by atoms with Crippen molar-refractivity contribution in [2.24, 2.45) is 0 Å². The normalized spacial score (nSPS) is 11.1. The van der Waals surface area contributed by atoms with Gasteiger partial charge in [-0.05, 0) is 35.9 Å². The highest BCUT2D eigenvalue weighted by atomic mass is 35.5. The van der Waals surface area contributed by atoms with Crippen molar-refractivity contribution in [2.45, 2.75) is 31.6 Å². The quantitative estimate of drug-likeness (QED) is 0.623. The Labute approximate surface area is 159 Å². The highest BCUT2D eigenvalue weighted by Crippen LogP contribution is 2.20. The Morgan fingerprint density at radius 2 is 2.12 bits per heavy atom. The smallest absolute Gasteiger partial charge is 0.235 e. The van der Waals surface area contributed by atoms with Gasteiger partial charge in [-0.25, -0.2) is 9.36 Å². The summed E-state index contributed by atoms with van der Waals surface area (Å²) in [4.78, 5) is 12.3. The molecule has 0 aliphatic heterocycles. The van der Waals surface area contributed by atoms with Gasteiger partial charge in [-0.3, -0.25) is 4.79 Å². The Morgan fingerprint density at radius 3 is 2.88 bits per heavy atom. The van der Waals surface area contributed by atoms with Crippen LogP contribution in [0.25, 0.3) is 0 Å². The number of carbonyl (C=O) groups excluding carboxylic acids is 1. The molecule has 0 saturated heterocycles. The number of anilines is 1. The van der Waals surface area contributed by atoms with Gasteiger partial charge in [-0.15, -0.1) is 5.10 Å². The van der Waals surface area contributed by atoms with Crippen LogP contribution in [0.2, 0.25) is 5.02 Å². The maximum absolute atomic E-state index is 12.3. The fourth-order valence-corrected chi connectivity index (χ4v) is 3.27. The van der Waals surface area contributed by atoms with Gasteiger partial charge in [0.1, 0.15) is 5.82 Å². The molecule has 1 N–H and O–H groups in total. The van der Waals surface area contributed by atoms with E-state index in [4.69, 9.17) is 11.6 Å². The monoisotopic (exact) mass is 391 g/mol. The molecule has 1 aromatic carbocycles. The molecule has 3 aromatic rings. The third kappa shape index (κ3) is 4.41. The summed E-state index contributed by atoms with van der Waals surface area (Å²) in [6.45, 7) is 4.43. The van der Waals surface area contributed by atoms with Crippen LogP contribution >= 0.6 is 23.4 Å². The molecule has 1 amide bonds. The molecule has 0 fully saturated rings. The minimum absolute atomic E-state index is 0.132. The molecule has 0 aliphatic rings. The van der Waals surface area contributed by atoms with E-state index < -0.39 is 0 Å². The molecule has 2 heterocycles. The number of tetrazole rings is 1. The average molecular weight is 392 g/mol. The summed E-state index contributed by atoms with van der Waals surface area (Å²) in [6, 6.07) is 9.42. The van der Waals surface area contributed by atoms with E-state index in [2.05, 4.69) is 25.9 Å². The topological polar surface area (TPSA) is 90.5 Å². The van der Waals surface area contributed by atoms with Gasteiger partial charge in [-0.2, -0.15) is 5.10 Å². The second-order valence-corrected chi connectivity index (χ2v) is 7.15. The van der Waals surface area contributed by atoms with Gasteiger partial charge in [0.2, 0.25) is 11.1 Å². The van der Waals surface area contributed by atoms with Crippen LogP contribution in [0, 0.1) is 0 Å². The first-order chi connectivity index (χ1) is 12.5. The number of carbonyl (C=O) groups is 1. The van der Waals surface area contributed by atoms with Gasteiger partial charge in [0.25, 0.3) is 0 Å². The Balaban J connectivity index is 1.61. The summed E-state index contributed by atoms with van der Waals surface area (Å²) >= 11 is 7.48. The number of hydrogen-bond donors (Lipinski definition) is 1. The second kappa shape index (κ2) is 8.33. The van der Waals surface area contributed by atoms with Crippen LogP contribution < -0.4 is 5.32 Å². The largest absolute Gasteiger partial charge is 0.310 e. The van der Waals surface area contributed by atoms with Crippen LogP contribution in [0.4, 0.5) is 5.82 Å². The lowest BCUT2D eigenvalue weighted by Gasteiger charge is -2.10. The average Bonchev–Trinajstić information content (AvgIpc) is 3.25. The number of benzene rings is 1. The molecular formula is C16H18ClN7OS. The molecule has 0 unspecified atom stereocenters. The summed E-state index contributed by atoms with van der Waals surface area (Å²) in [5.74, 6) is 0.651. The molecule has 3 rings (SSSR count). The first kappa shape index (κ1) is 18.4. The molecule has 0 aliphatic carbocycles. The van der Waals surface area contributed by atoms with E-state index >= 15 is 0 Å². The van der Waals surface area contributed by atoms with Crippen molar-refractivity contribution in [1.82, 2.24) is 30.0 Å². The zero-order valence-electron chi connectivity index (χ0n) is 14.3. The first-order valence-electron chi connectivity index (χ1n) is 8.00. The van der Waals surface area contributed by atoms with Crippen LogP contribution in [0.15, 0.2) is 41.7 Å². The van der Waals surface area contributed by atoms with E-state index in [9.17, 15) is 4.79 Å². The number of hydrogen-bond acceptors (Lipinski definition) is 6. The van der Waals surface area contributed by atoms with Gasteiger partial charge in [0, 0.05) is 11.1 Å². The summed E-state index contributed by atoms with van der Waals surface area (Å²) < 4.78 is 3.38. The van der Waals surface area contributed by atoms with Crippen LogP contribution in [0.3, 0.4) is 0 Å². The Kier molecular flexibility index (Phi) is 5.89. The van der Waals surface area contributed by atoms with Gasteiger partial charge < -0.3 is 5.32 Å². The van der Waals surface area contributed by atoms with Gasteiger partial charge >= 0.3 is 0 Å². The molecule has 136 valence electrons. The summed E-state index contributed by atoms with van der Waals surface area (Å²) in [5, 5.41) is 19.9. The first-order valence-corrected chi connectivity index (χ1v) is 9.36. The van der Waals surface area contributed by atoms with Crippen LogP contribution in [-0.2, 0) is 11.3 Å². The van der Waals surface area contributed by atoms with Crippen molar-refractivity contribution in [3.63, 3.8) is 0 Å². The number of aromatic nitrogens is 6. The molecule has 0 spiro atoms. The van der Waals surface area contributed by atoms with Gasteiger partial charge in [0.05, 0.1) is 24.5 Å². The fraction of sp³-hybridized carbons (Fsp3) is 0.312.